The van der Waals surface area contributed by atoms with E-state index >= 15 is 0 Å². The highest BCUT2D eigenvalue weighted by Gasteiger charge is 2.13. The zero-order valence-corrected chi connectivity index (χ0v) is 9.04. The molecule has 0 spiro atoms. The highest BCUT2D eigenvalue weighted by atomic mass is 16.5. The normalized spacial score (nSPS) is 16.8. The summed E-state index contributed by atoms with van der Waals surface area (Å²) in [5.74, 6) is 0.315. The lowest BCUT2D eigenvalue weighted by Gasteiger charge is -2.19. The Morgan fingerprint density at radius 3 is 2.54 bits per heavy atom. The van der Waals surface area contributed by atoms with Crippen LogP contribution in [0.15, 0.2) is 11.6 Å². The van der Waals surface area contributed by atoms with Gasteiger partial charge in [-0.3, -0.25) is 4.79 Å². The van der Waals surface area contributed by atoms with Gasteiger partial charge in [0.15, 0.2) is 0 Å². The van der Waals surface area contributed by atoms with Crippen LogP contribution in [0.2, 0.25) is 0 Å². The van der Waals surface area contributed by atoms with Gasteiger partial charge in [-0.1, -0.05) is 26.3 Å². The summed E-state index contributed by atoms with van der Waals surface area (Å²) < 4.78 is 5.34. The van der Waals surface area contributed by atoms with Crippen molar-refractivity contribution < 1.29 is 9.53 Å². The summed E-state index contributed by atoms with van der Waals surface area (Å²) in [6.45, 7) is 6.04. The molecule has 0 amide bonds. The van der Waals surface area contributed by atoms with Crippen molar-refractivity contribution in [3.8, 4) is 0 Å². The zero-order valence-electron chi connectivity index (χ0n) is 9.04. The van der Waals surface area contributed by atoms with Crippen molar-refractivity contribution in [2.45, 2.75) is 39.7 Å². The van der Waals surface area contributed by atoms with Crippen molar-refractivity contribution in [2.24, 2.45) is 5.92 Å². The summed E-state index contributed by atoms with van der Waals surface area (Å²) in [6, 6.07) is 0. The molecule has 2 unspecified atom stereocenters. The van der Waals surface area contributed by atoms with Gasteiger partial charge < -0.3 is 4.74 Å². The van der Waals surface area contributed by atoms with Gasteiger partial charge in [-0.05, 0) is 18.9 Å². The summed E-state index contributed by atoms with van der Waals surface area (Å²) in [5.41, 5.74) is 0.783. The van der Waals surface area contributed by atoms with E-state index in [1.165, 1.54) is 0 Å². The van der Waals surface area contributed by atoms with Crippen LogP contribution < -0.4 is 0 Å². The minimum absolute atomic E-state index is 0.236. The number of rotatable bonds is 6. The number of ether oxygens (including phenoxy) is 1. The van der Waals surface area contributed by atoms with Crippen LogP contribution in [0.4, 0.5) is 0 Å². The second-order valence-corrected chi connectivity index (χ2v) is 3.45. The molecule has 0 saturated heterocycles. The average Bonchev–Trinajstić information content (AvgIpc) is 2.13. The predicted octanol–water partition coefficient (Wildman–Crippen LogP) is 2.58. The van der Waals surface area contributed by atoms with Crippen molar-refractivity contribution in [2.75, 3.05) is 7.11 Å². The molecule has 0 bridgehead atoms. The molecule has 0 radical (unpaired) electrons. The molecule has 0 aromatic rings. The van der Waals surface area contributed by atoms with Crippen LogP contribution >= 0.6 is 0 Å². The molecule has 2 atom stereocenters. The number of hydrogen-bond donors (Lipinski definition) is 0. The Labute approximate surface area is 81.0 Å². The van der Waals surface area contributed by atoms with E-state index in [-0.39, 0.29) is 6.10 Å². The predicted molar refractivity (Wildman–Crippen MR) is 54.7 cm³/mol. The van der Waals surface area contributed by atoms with Gasteiger partial charge in [-0.2, -0.15) is 0 Å². The van der Waals surface area contributed by atoms with E-state index in [9.17, 15) is 4.79 Å². The third-order valence-electron chi connectivity index (χ3n) is 2.17. The molecule has 0 aromatic heterocycles. The van der Waals surface area contributed by atoms with Crippen LogP contribution in [0.5, 0.6) is 0 Å². The highest BCUT2D eigenvalue weighted by Crippen LogP contribution is 2.15. The van der Waals surface area contributed by atoms with Crippen molar-refractivity contribution in [3.63, 3.8) is 0 Å². The first-order valence-corrected chi connectivity index (χ1v) is 4.82. The zero-order chi connectivity index (χ0) is 10.3. The van der Waals surface area contributed by atoms with Gasteiger partial charge in [-0.25, -0.2) is 0 Å². The fourth-order valence-corrected chi connectivity index (χ4v) is 1.44. The number of allylic oxidation sites excluding steroid dienone is 1. The molecule has 13 heavy (non-hydrogen) atoms. The molecule has 0 fully saturated rings. The topological polar surface area (TPSA) is 26.3 Å². The maximum absolute atomic E-state index is 10.4. The summed E-state index contributed by atoms with van der Waals surface area (Å²) in [4.78, 5) is 10.4. The molecule has 2 nitrogen and oxygen atoms in total. The summed E-state index contributed by atoms with van der Waals surface area (Å²) >= 11 is 0. The lowest BCUT2D eigenvalue weighted by Crippen LogP contribution is -2.18. The van der Waals surface area contributed by atoms with Crippen LogP contribution in [0, 0.1) is 5.92 Å². The van der Waals surface area contributed by atoms with E-state index in [0.717, 1.165) is 24.7 Å². The first-order chi connectivity index (χ1) is 6.15. The standard InChI is InChI=1S/C11H20O2/c1-5-6-11(13-4)10(3)7-9(2)8-12/h7-8,10-11H,5-6H2,1-4H3. The molecular formula is C11H20O2. The Bertz CT molecular complexity index is 173. The average molecular weight is 184 g/mol. The van der Waals surface area contributed by atoms with Gasteiger partial charge in [0.25, 0.3) is 0 Å². The molecule has 0 aromatic carbocycles. The van der Waals surface area contributed by atoms with E-state index in [1.54, 1.807) is 7.11 Å². The van der Waals surface area contributed by atoms with Crippen LogP contribution in [0.1, 0.15) is 33.6 Å². The van der Waals surface area contributed by atoms with Crippen LogP contribution in [-0.4, -0.2) is 19.5 Å². The SMILES string of the molecule is CCCC(OC)C(C)C=C(C)C=O. The largest absolute Gasteiger partial charge is 0.381 e. The minimum Gasteiger partial charge on any atom is -0.381 e. The van der Waals surface area contributed by atoms with Crippen molar-refractivity contribution in [3.05, 3.63) is 11.6 Å². The summed E-state index contributed by atoms with van der Waals surface area (Å²) in [5, 5.41) is 0. The molecule has 0 rings (SSSR count). The Balaban J connectivity index is 4.19. The van der Waals surface area contributed by atoms with E-state index in [4.69, 9.17) is 4.74 Å². The summed E-state index contributed by atoms with van der Waals surface area (Å²) in [7, 11) is 1.72. The Kier molecular flexibility index (Phi) is 6.51. The minimum atomic E-state index is 0.236. The number of aldehydes is 1. The van der Waals surface area contributed by atoms with Crippen molar-refractivity contribution in [1.29, 1.82) is 0 Å². The Morgan fingerprint density at radius 2 is 2.15 bits per heavy atom. The van der Waals surface area contributed by atoms with Crippen LogP contribution in [-0.2, 0) is 9.53 Å². The Hall–Kier alpha value is -0.630. The first-order valence-electron chi connectivity index (χ1n) is 4.82. The molecule has 0 aliphatic heterocycles. The lowest BCUT2D eigenvalue weighted by atomic mass is 9.98. The number of carbonyl (C=O) groups excluding carboxylic acids is 1. The maximum Gasteiger partial charge on any atom is 0.145 e. The fraction of sp³-hybridized carbons (Fsp3) is 0.727. The second kappa shape index (κ2) is 6.84. The molecule has 0 heterocycles. The maximum atomic E-state index is 10.4. The molecule has 0 aliphatic carbocycles. The smallest absolute Gasteiger partial charge is 0.145 e. The second-order valence-electron chi connectivity index (χ2n) is 3.45. The molecule has 0 saturated carbocycles. The third-order valence-corrected chi connectivity index (χ3v) is 2.17. The molecule has 2 heteroatoms. The molecule has 0 aliphatic rings. The monoisotopic (exact) mass is 184 g/mol. The Morgan fingerprint density at radius 1 is 1.54 bits per heavy atom. The van der Waals surface area contributed by atoms with E-state index in [2.05, 4.69) is 13.8 Å². The fourth-order valence-electron chi connectivity index (χ4n) is 1.44. The van der Waals surface area contributed by atoms with Gasteiger partial charge in [0, 0.05) is 13.0 Å². The van der Waals surface area contributed by atoms with Crippen LogP contribution in [0.25, 0.3) is 0 Å². The molecular weight excluding hydrogens is 164 g/mol. The quantitative estimate of drug-likeness (QED) is 0.468. The molecule has 0 N–H and O–H groups in total. The lowest BCUT2D eigenvalue weighted by molar-refractivity contribution is -0.104. The van der Waals surface area contributed by atoms with E-state index in [0.29, 0.717) is 5.92 Å². The van der Waals surface area contributed by atoms with E-state index < -0.39 is 0 Å². The van der Waals surface area contributed by atoms with Crippen LogP contribution in [0.3, 0.4) is 0 Å². The van der Waals surface area contributed by atoms with Gasteiger partial charge in [0.05, 0.1) is 6.10 Å². The van der Waals surface area contributed by atoms with Gasteiger partial charge in [0.1, 0.15) is 6.29 Å². The third kappa shape index (κ3) is 4.83. The van der Waals surface area contributed by atoms with Crippen molar-refractivity contribution >= 4 is 6.29 Å². The molecule has 76 valence electrons. The number of methoxy groups -OCH3 is 1. The van der Waals surface area contributed by atoms with Gasteiger partial charge in [-0.15, -0.1) is 0 Å². The first kappa shape index (κ1) is 12.4. The number of hydrogen-bond acceptors (Lipinski definition) is 2. The number of carbonyl (C=O) groups is 1. The van der Waals surface area contributed by atoms with E-state index in [1.807, 2.05) is 13.0 Å². The highest BCUT2D eigenvalue weighted by molar-refractivity contribution is 5.72. The van der Waals surface area contributed by atoms with Crippen molar-refractivity contribution in [1.82, 2.24) is 0 Å². The van der Waals surface area contributed by atoms with Gasteiger partial charge >= 0.3 is 0 Å². The van der Waals surface area contributed by atoms with Gasteiger partial charge in [0.2, 0.25) is 0 Å². The summed E-state index contributed by atoms with van der Waals surface area (Å²) in [6.07, 6.45) is 5.24.